The molecule has 0 radical (unpaired) electrons. The van der Waals surface area contributed by atoms with Gasteiger partial charge in [0.25, 0.3) is 0 Å². The lowest BCUT2D eigenvalue weighted by atomic mass is 9.91. The van der Waals surface area contributed by atoms with Crippen LogP contribution in [0.4, 0.5) is 0 Å². The molecule has 1 atom stereocenters. The maximum atomic E-state index is 11.2. The van der Waals surface area contributed by atoms with Crippen LogP contribution in [0, 0.1) is 0 Å². The first kappa shape index (κ1) is 12.1. The largest absolute Gasteiger partial charge is 0.468 e. The number of esters is 1. The molecular weight excluding hydrogens is 170 g/mol. The Morgan fingerprint density at radius 2 is 2.23 bits per heavy atom. The fourth-order valence-corrected chi connectivity index (χ4v) is 1.13. The quantitative estimate of drug-likeness (QED) is 0.489. The lowest BCUT2D eigenvalue weighted by Crippen LogP contribution is -2.49. The number of ether oxygens (including phenoxy) is 1. The molecule has 0 aliphatic carbocycles. The molecule has 0 heterocycles. The standard InChI is InChI=1S/C9H17NO3/c1-3-4-5-9(10,6-7-11)8(12)13-2/h7H,3-6,10H2,1-2H3. The predicted octanol–water partition coefficient (Wildman–Crippen LogP) is 0.636. The Balaban J connectivity index is 4.31. The molecule has 0 saturated heterocycles. The second-order valence-corrected chi connectivity index (χ2v) is 3.12. The molecule has 0 aliphatic heterocycles. The fraction of sp³-hybridized carbons (Fsp3) is 0.778. The summed E-state index contributed by atoms with van der Waals surface area (Å²) in [5, 5.41) is 0. The highest BCUT2D eigenvalue weighted by molar-refractivity contribution is 5.83. The average molecular weight is 187 g/mol. The van der Waals surface area contributed by atoms with Crippen molar-refractivity contribution < 1.29 is 14.3 Å². The lowest BCUT2D eigenvalue weighted by molar-refractivity contribution is -0.148. The summed E-state index contributed by atoms with van der Waals surface area (Å²) in [7, 11) is 1.28. The van der Waals surface area contributed by atoms with Gasteiger partial charge in [-0.25, -0.2) is 0 Å². The van der Waals surface area contributed by atoms with Gasteiger partial charge in [-0.3, -0.25) is 4.79 Å². The van der Waals surface area contributed by atoms with E-state index in [2.05, 4.69) is 4.74 Å². The normalized spacial score (nSPS) is 14.7. The number of methoxy groups -OCH3 is 1. The molecule has 1 unspecified atom stereocenters. The van der Waals surface area contributed by atoms with Gasteiger partial charge >= 0.3 is 5.97 Å². The third-order valence-corrected chi connectivity index (χ3v) is 2.02. The van der Waals surface area contributed by atoms with E-state index in [1.165, 1.54) is 7.11 Å². The maximum Gasteiger partial charge on any atom is 0.326 e. The second kappa shape index (κ2) is 5.70. The van der Waals surface area contributed by atoms with Crippen molar-refractivity contribution in [2.75, 3.05) is 7.11 Å². The van der Waals surface area contributed by atoms with Crippen LogP contribution in [0.15, 0.2) is 0 Å². The number of hydrogen-bond donors (Lipinski definition) is 1. The van der Waals surface area contributed by atoms with E-state index in [0.717, 1.165) is 12.8 Å². The molecule has 0 aliphatic rings. The SMILES string of the molecule is CCCCC(N)(CC=O)C(=O)OC. The van der Waals surface area contributed by atoms with Gasteiger partial charge in [-0.1, -0.05) is 19.8 Å². The molecule has 2 N–H and O–H groups in total. The Labute approximate surface area is 78.4 Å². The number of carbonyl (C=O) groups excluding carboxylic acids is 2. The van der Waals surface area contributed by atoms with Gasteiger partial charge in [0.1, 0.15) is 11.8 Å². The van der Waals surface area contributed by atoms with Crippen molar-refractivity contribution in [1.29, 1.82) is 0 Å². The number of aldehydes is 1. The van der Waals surface area contributed by atoms with Crippen LogP contribution in [-0.4, -0.2) is 24.9 Å². The van der Waals surface area contributed by atoms with E-state index in [0.29, 0.717) is 12.7 Å². The third kappa shape index (κ3) is 3.55. The predicted molar refractivity (Wildman–Crippen MR) is 49.1 cm³/mol. The van der Waals surface area contributed by atoms with Gasteiger partial charge < -0.3 is 15.3 Å². The first-order valence-electron chi connectivity index (χ1n) is 4.41. The van der Waals surface area contributed by atoms with E-state index in [-0.39, 0.29) is 6.42 Å². The van der Waals surface area contributed by atoms with Crippen LogP contribution in [0.3, 0.4) is 0 Å². The van der Waals surface area contributed by atoms with Crippen molar-refractivity contribution in [3.8, 4) is 0 Å². The van der Waals surface area contributed by atoms with Crippen molar-refractivity contribution in [3.63, 3.8) is 0 Å². The van der Waals surface area contributed by atoms with Crippen molar-refractivity contribution in [1.82, 2.24) is 0 Å². The van der Waals surface area contributed by atoms with Crippen LogP contribution in [0.2, 0.25) is 0 Å². The molecule has 76 valence electrons. The summed E-state index contributed by atoms with van der Waals surface area (Å²) in [5.74, 6) is -0.506. The molecule has 13 heavy (non-hydrogen) atoms. The summed E-state index contributed by atoms with van der Waals surface area (Å²) in [6.07, 6.45) is 2.94. The topological polar surface area (TPSA) is 69.4 Å². The minimum Gasteiger partial charge on any atom is -0.468 e. The molecule has 0 saturated carbocycles. The second-order valence-electron chi connectivity index (χ2n) is 3.12. The smallest absolute Gasteiger partial charge is 0.326 e. The number of rotatable bonds is 6. The minimum absolute atomic E-state index is 0.0275. The van der Waals surface area contributed by atoms with Crippen molar-refractivity contribution in [2.45, 2.75) is 38.1 Å². The molecule has 0 aromatic carbocycles. The summed E-state index contributed by atoms with van der Waals surface area (Å²) < 4.78 is 4.54. The third-order valence-electron chi connectivity index (χ3n) is 2.02. The molecular formula is C9H17NO3. The van der Waals surface area contributed by atoms with Crippen LogP contribution in [0.5, 0.6) is 0 Å². The number of carbonyl (C=O) groups is 2. The van der Waals surface area contributed by atoms with E-state index in [9.17, 15) is 9.59 Å². The Morgan fingerprint density at radius 1 is 1.62 bits per heavy atom. The summed E-state index contributed by atoms with van der Waals surface area (Å²) in [5.41, 5.74) is 4.62. The van der Waals surface area contributed by atoms with Gasteiger partial charge in [0.15, 0.2) is 0 Å². The van der Waals surface area contributed by atoms with Crippen molar-refractivity contribution >= 4 is 12.3 Å². The lowest BCUT2D eigenvalue weighted by Gasteiger charge is -2.23. The summed E-state index contributed by atoms with van der Waals surface area (Å²) in [6.45, 7) is 2.00. The van der Waals surface area contributed by atoms with E-state index < -0.39 is 11.5 Å². The number of hydrogen-bond acceptors (Lipinski definition) is 4. The first-order valence-corrected chi connectivity index (χ1v) is 4.41. The zero-order valence-electron chi connectivity index (χ0n) is 8.21. The van der Waals surface area contributed by atoms with Gasteiger partial charge in [0.2, 0.25) is 0 Å². The van der Waals surface area contributed by atoms with Crippen molar-refractivity contribution in [2.24, 2.45) is 5.73 Å². The zero-order chi connectivity index (χ0) is 10.3. The zero-order valence-corrected chi connectivity index (χ0v) is 8.21. The Hall–Kier alpha value is -0.900. The molecule has 4 heteroatoms. The molecule has 0 bridgehead atoms. The van der Waals surface area contributed by atoms with Crippen LogP contribution in [0.25, 0.3) is 0 Å². The molecule has 4 nitrogen and oxygen atoms in total. The summed E-state index contributed by atoms with van der Waals surface area (Å²) in [4.78, 5) is 21.5. The highest BCUT2D eigenvalue weighted by Gasteiger charge is 2.33. The van der Waals surface area contributed by atoms with Gasteiger partial charge in [-0.2, -0.15) is 0 Å². The highest BCUT2D eigenvalue weighted by Crippen LogP contribution is 2.16. The molecule has 0 fully saturated rings. The van der Waals surface area contributed by atoms with Crippen LogP contribution < -0.4 is 5.73 Å². The monoisotopic (exact) mass is 187 g/mol. The van der Waals surface area contributed by atoms with Gasteiger partial charge in [-0.15, -0.1) is 0 Å². The molecule has 0 rings (SSSR count). The summed E-state index contributed by atoms with van der Waals surface area (Å²) in [6, 6.07) is 0. The molecule has 0 aromatic heterocycles. The Bertz CT molecular complexity index is 182. The average Bonchev–Trinajstić information content (AvgIpc) is 2.14. The molecule has 0 amide bonds. The van der Waals surface area contributed by atoms with Gasteiger partial charge in [-0.05, 0) is 6.42 Å². The number of unbranched alkanes of at least 4 members (excludes halogenated alkanes) is 1. The van der Waals surface area contributed by atoms with E-state index >= 15 is 0 Å². The molecule has 0 aromatic rings. The Morgan fingerprint density at radius 3 is 2.62 bits per heavy atom. The van der Waals surface area contributed by atoms with Gasteiger partial charge in [0, 0.05) is 6.42 Å². The van der Waals surface area contributed by atoms with Crippen LogP contribution in [0.1, 0.15) is 32.6 Å². The number of nitrogens with two attached hydrogens (primary N) is 1. The van der Waals surface area contributed by atoms with Crippen LogP contribution in [-0.2, 0) is 14.3 Å². The maximum absolute atomic E-state index is 11.2. The molecule has 0 spiro atoms. The van der Waals surface area contributed by atoms with E-state index in [4.69, 9.17) is 5.73 Å². The summed E-state index contributed by atoms with van der Waals surface area (Å²) >= 11 is 0. The van der Waals surface area contributed by atoms with Gasteiger partial charge in [0.05, 0.1) is 7.11 Å². The highest BCUT2D eigenvalue weighted by atomic mass is 16.5. The van der Waals surface area contributed by atoms with Crippen molar-refractivity contribution in [3.05, 3.63) is 0 Å². The minimum atomic E-state index is -1.12. The van der Waals surface area contributed by atoms with E-state index in [1.54, 1.807) is 0 Å². The Kier molecular flexibility index (Phi) is 5.30. The fourth-order valence-electron chi connectivity index (χ4n) is 1.13. The van der Waals surface area contributed by atoms with Crippen LogP contribution >= 0.6 is 0 Å². The van der Waals surface area contributed by atoms with E-state index in [1.807, 2.05) is 6.92 Å². The first-order chi connectivity index (χ1) is 6.10.